The fourth-order valence-electron chi connectivity index (χ4n) is 4.80. The molecule has 0 aromatic heterocycles. The normalized spacial score (nSPS) is 21.4. The molecule has 2 N–H and O–H groups in total. The van der Waals surface area contributed by atoms with E-state index in [1.54, 1.807) is 17.0 Å². The van der Waals surface area contributed by atoms with Crippen molar-refractivity contribution >= 4 is 12.0 Å². The van der Waals surface area contributed by atoms with Crippen LogP contribution in [0.5, 0.6) is 5.75 Å². The van der Waals surface area contributed by atoms with Gasteiger partial charge in [-0.15, -0.1) is 0 Å². The number of nitrogens with zero attached hydrogens (tertiary/aromatic N) is 1. The molecular weight excluding hydrogens is 380 g/mol. The lowest BCUT2D eigenvalue weighted by Crippen LogP contribution is -2.37. The maximum absolute atomic E-state index is 12.6. The van der Waals surface area contributed by atoms with E-state index >= 15 is 0 Å². The molecule has 6 nitrogen and oxygen atoms in total. The average molecular weight is 417 g/mol. The molecule has 0 radical (unpaired) electrons. The van der Waals surface area contributed by atoms with E-state index in [1.165, 1.54) is 12.8 Å². The Morgan fingerprint density at radius 1 is 1.20 bits per heavy atom. The molecule has 30 heavy (non-hydrogen) atoms. The topological polar surface area (TPSA) is 78.9 Å². The lowest BCUT2D eigenvalue weighted by atomic mass is 9.70. The van der Waals surface area contributed by atoms with Gasteiger partial charge in [-0.3, -0.25) is 4.79 Å². The molecule has 2 amide bonds. The third-order valence-corrected chi connectivity index (χ3v) is 7.31. The molecule has 1 aromatic rings. The van der Waals surface area contributed by atoms with Crippen molar-refractivity contribution in [3.05, 3.63) is 29.3 Å². The summed E-state index contributed by atoms with van der Waals surface area (Å²) in [5, 5.41) is 12.6. The summed E-state index contributed by atoms with van der Waals surface area (Å²) in [5.74, 6) is 0.0161. The van der Waals surface area contributed by atoms with Crippen LogP contribution >= 0.6 is 0 Å². The Hall–Kier alpha value is -2.24. The second-order valence-corrected chi connectivity index (χ2v) is 9.06. The molecule has 0 spiro atoms. The minimum absolute atomic E-state index is 0.00865. The predicted molar refractivity (Wildman–Crippen MR) is 116 cm³/mol. The molecule has 0 unspecified atom stereocenters. The van der Waals surface area contributed by atoms with Gasteiger partial charge in [-0.05, 0) is 61.6 Å². The third kappa shape index (κ3) is 5.27. The second kappa shape index (κ2) is 9.71. The second-order valence-electron chi connectivity index (χ2n) is 9.06. The average Bonchev–Trinajstić information content (AvgIpc) is 3.26. The summed E-state index contributed by atoms with van der Waals surface area (Å²) in [6.45, 7) is 7.75. The van der Waals surface area contributed by atoms with Crippen LogP contribution in [0.4, 0.5) is 4.79 Å². The zero-order valence-corrected chi connectivity index (χ0v) is 18.6. The van der Waals surface area contributed by atoms with Gasteiger partial charge in [0, 0.05) is 19.6 Å². The molecule has 1 aromatic carbocycles. The Bertz CT molecular complexity index is 750. The van der Waals surface area contributed by atoms with E-state index in [0.29, 0.717) is 31.5 Å². The van der Waals surface area contributed by atoms with E-state index in [-0.39, 0.29) is 29.8 Å². The van der Waals surface area contributed by atoms with Crippen molar-refractivity contribution < 1.29 is 19.4 Å². The molecule has 1 saturated carbocycles. The monoisotopic (exact) mass is 416 g/mol. The lowest BCUT2D eigenvalue weighted by molar-refractivity contribution is -0.124. The number of amides is 2. The predicted octanol–water partition coefficient (Wildman–Crippen LogP) is 4.52. The highest BCUT2D eigenvalue weighted by Crippen LogP contribution is 2.42. The van der Waals surface area contributed by atoms with Crippen molar-refractivity contribution in [3.63, 3.8) is 0 Å². The summed E-state index contributed by atoms with van der Waals surface area (Å²) in [4.78, 5) is 26.8. The van der Waals surface area contributed by atoms with Gasteiger partial charge < -0.3 is 20.1 Å². The van der Waals surface area contributed by atoms with Crippen LogP contribution < -0.4 is 5.32 Å². The Labute approximate surface area is 180 Å². The molecule has 0 bridgehead atoms. The van der Waals surface area contributed by atoms with Gasteiger partial charge in [-0.1, -0.05) is 38.8 Å². The van der Waals surface area contributed by atoms with Gasteiger partial charge in [0.05, 0.1) is 5.92 Å². The third-order valence-electron chi connectivity index (χ3n) is 7.31. The van der Waals surface area contributed by atoms with Crippen LogP contribution in [-0.2, 0) is 16.1 Å². The fourth-order valence-corrected chi connectivity index (χ4v) is 4.80. The van der Waals surface area contributed by atoms with Crippen LogP contribution in [-0.4, -0.2) is 41.2 Å². The fraction of sp³-hybridized carbons (Fsp3) is 0.667. The first kappa shape index (κ1) is 22.4. The number of hydrogen-bond donors (Lipinski definition) is 2. The zero-order chi connectivity index (χ0) is 21.7. The molecule has 1 saturated heterocycles. The number of hydrogen-bond acceptors (Lipinski definition) is 4. The molecule has 6 heteroatoms. The number of carbonyl (C=O) groups is 2. The van der Waals surface area contributed by atoms with Crippen molar-refractivity contribution in [3.8, 4) is 5.75 Å². The van der Waals surface area contributed by atoms with Crippen molar-refractivity contribution in [2.45, 2.75) is 78.4 Å². The maximum atomic E-state index is 12.6. The Morgan fingerprint density at radius 3 is 2.53 bits per heavy atom. The number of rotatable bonds is 6. The SMILES string of the molecule is CCC1(CC)CCC(OC(=O)N2CC[C@@H](C(=O)NCc3ccc(O)c(C)c3)C2)CC1. The Morgan fingerprint density at radius 2 is 1.90 bits per heavy atom. The number of benzene rings is 1. The quantitative estimate of drug-likeness (QED) is 0.714. The largest absolute Gasteiger partial charge is 0.508 e. The molecule has 166 valence electrons. The van der Waals surface area contributed by atoms with Gasteiger partial charge in [0.1, 0.15) is 11.9 Å². The van der Waals surface area contributed by atoms with E-state index in [0.717, 1.165) is 36.8 Å². The van der Waals surface area contributed by atoms with Gasteiger partial charge in [-0.25, -0.2) is 4.79 Å². The molecule has 1 aliphatic heterocycles. The first-order chi connectivity index (χ1) is 14.4. The van der Waals surface area contributed by atoms with Crippen LogP contribution in [0.15, 0.2) is 18.2 Å². The Balaban J connectivity index is 1.42. The van der Waals surface area contributed by atoms with E-state index in [4.69, 9.17) is 4.74 Å². The standard InChI is InChI=1S/C24H36N2O4/c1-4-24(5-2)11-8-20(9-12-24)30-23(29)26-13-10-19(16-26)22(28)25-15-18-6-7-21(27)17(3)14-18/h6-7,14,19-20,27H,4-5,8-13,15-16H2,1-3H3,(H,25,28)/t19-/m1/s1. The first-order valence-corrected chi connectivity index (χ1v) is 11.4. The maximum Gasteiger partial charge on any atom is 0.410 e. The number of phenols is 1. The van der Waals surface area contributed by atoms with E-state index in [1.807, 2.05) is 13.0 Å². The van der Waals surface area contributed by atoms with E-state index in [2.05, 4.69) is 19.2 Å². The summed E-state index contributed by atoms with van der Waals surface area (Å²) in [6.07, 6.45) is 6.91. The van der Waals surface area contributed by atoms with Crippen LogP contribution in [0, 0.1) is 18.3 Å². The molecule has 1 atom stereocenters. The minimum Gasteiger partial charge on any atom is -0.508 e. The molecule has 1 aliphatic carbocycles. The number of phenolic OH excluding ortho intramolecular Hbond substituents is 1. The minimum atomic E-state index is -0.273. The highest BCUT2D eigenvalue weighted by Gasteiger charge is 2.36. The van der Waals surface area contributed by atoms with Crippen LogP contribution in [0.3, 0.4) is 0 Å². The number of aryl methyl sites for hydroxylation is 1. The van der Waals surface area contributed by atoms with E-state index in [9.17, 15) is 14.7 Å². The molecule has 3 rings (SSSR count). The highest BCUT2D eigenvalue weighted by molar-refractivity contribution is 5.80. The number of nitrogens with one attached hydrogen (secondary N) is 1. The van der Waals surface area contributed by atoms with Gasteiger partial charge in [0.2, 0.25) is 5.91 Å². The van der Waals surface area contributed by atoms with Crippen molar-refractivity contribution in [2.75, 3.05) is 13.1 Å². The summed E-state index contributed by atoms with van der Waals surface area (Å²) in [7, 11) is 0. The molecule has 2 fully saturated rings. The van der Waals surface area contributed by atoms with Gasteiger partial charge in [-0.2, -0.15) is 0 Å². The lowest BCUT2D eigenvalue weighted by Gasteiger charge is -2.39. The zero-order valence-electron chi connectivity index (χ0n) is 18.6. The summed E-state index contributed by atoms with van der Waals surface area (Å²) < 4.78 is 5.77. The van der Waals surface area contributed by atoms with Crippen LogP contribution in [0.2, 0.25) is 0 Å². The molecular formula is C24H36N2O4. The van der Waals surface area contributed by atoms with Crippen LogP contribution in [0.25, 0.3) is 0 Å². The summed E-state index contributed by atoms with van der Waals surface area (Å²) >= 11 is 0. The van der Waals surface area contributed by atoms with Gasteiger partial charge >= 0.3 is 6.09 Å². The highest BCUT2D eigenvalue weighted by atomic mass is 16.6. The van der Waals surface area contributed by atoms with Crippen LogP contribution in [0.1, 0.15) is 69.9 Å². The molecule has 1 heterocycles. The van der Waals surface area contributed by atoms with Crippen molar-refractivity contribution in [1.82, 2.24) is 10.2 Å². The molecule has 2 aliphatic rings. The number of aromatic hydroxyl groups is 1. The van der Waals surface area contributed by atoms with Crippen molar-refractivity contribution in [2.24, 2.45) is 11.3 Å². The van der Waals surface area contributed by atoms with E-state index < -0.39 is 0 Å². The summed E-state index contributed by atoms with van der Waals surface area (Å²) in [5.41, 5.74) is 2.16. The smallest absolute Gasteiger partial charge is 0.410 e. The van der Waals surface area contributed by atoms with Crippen molar-refractivity contribution in [1.29, 1.82) is 0 Å². The number of likely N-dealkylation sites (tertiary alicyclic amines) is 1. The first-order valence-electron chi connectivity index (χ1n) is 11.4. The van der Waals surface area contributed by atoms with Gasteiger partial charge in [0.25, 0.3) is 0 Å². The van der Waals surface area contributed by atoms with Gasteiger partial charge in [0.15, 0.2) is 0 Å². The number of carbonyl (C=O) groups excluding carboxylic acids is 2. The summed E-state index contributed by atoms with van der Waals surface area (Å²) in [6, 6.07) is 5.31. The number of ether oxygens (including phenoxy) is 1. The Kier molecular flexibility index (Phi) is 7.27.